The number of rotatable bonds is 4. The van der Waals surface area contributed by atoms with E-state index in [-0.39, 0.29) is 41.1 Å². The maximum absolute atomic E-state index is 5.62. The predicted molar refractivity (Wildman–Crippen MR) is 195 cm³/mol. The van der Waals surface area contributed by atoms with Crippen LogP contribution in [0.15, 0.2) is 81.7 Å². The molecule has 0 aromatic heterocycles. The summed E-state index contributed by atoms with van der Waals surface area (Å²) in [6.07, 6.45) is 7.31. The summed E-state index contributed by atoms with van der Waals surface area (Å²) in [5.41, 5.74) is 10.5. The van der Waals surface area contributed by atoms with Crippen LogP contribution in [0, 0.1) is 11.3 Å². The van der Waals surface area contributed by atoms with E-state index in [0.29, 0.717) is 5.92 Å². The van der Waals surface area contributed by atoms with Crippen molar-refractivity contribution in [2.24, 2.45) is 11.3 Å². The summed E-state index contributed by atoms with van der Waals surface area (Å²) in [6, 6.07) is 23.6. The van der Waals surface area contributed by atoms with Gasteiger partial charge in [-0.3, -0.25) is 0 Å². The van der Waals surface area contributed by atoms with Gasteiger partial charge < -0.3 is 0 Å². The number of allylic oxidation sites excluding steroid dienone is 4. The fourth-order valence-electron chi connectivity index (χ4n) is 7.62. The van der Waals surface area contributed by atoms with E-state index in [1.54, 1.807) is 12.1 Å². The molecule has 3 aromatic carbocycles. The Kier molecular flexibility index (Phi) is 9.77. The molecule has 3 heteroatoms. The maximum atomic E-state index is 5.62. The topological polar surface area (TPSA) is 0 Å². The van der Waals surface area contributed by atoms with E-state index in [9.17, 15) is 0 Å². The van der Waals surface area contributed by atoms with Crippen molar-refractivity contribution in [3.05, 3.63) is 104 Å². The van der Waals surface area contributed by atoms with Gasteiger partial charge in [0.25, 0.3) is 0 Å². The Balaban J connectivity index is 0.00000253. The van der Waals surface area contributed by atoms with Gasteiger partial charge in [0.05, 0.1) is 0 Å². The number of benzene rings is 3. The van der Waals surface area contributed by atoms with Crippen LogP contribution in [0.25, 0.3) is 11.1 Å². The minimum atomic E-state index is -4.43. The molecule has 0 aliphatic heterocycles. The molecule has 0 radical (unpaired) electrons. The van der Waals surface area contributed by atoms with Crippen LogP contribution >= 0.6 is 24.8 Å². The number of hydrogen-bond acceptors (Lipinski definition) is 0. The second-order valence-electron chi connectivity index (χ2n) is 16.4. The van der Waals surface area contributed by atoms with Gasteiger partial charge in [-0.1, -0.05) is 0 Å². The van der Waals surface area contributed by atoms with Crippen molar-refractivity contribution in [2.45, 2.75) is 97.5 Å². The Morgan fingerprint density at radius 1 is 0.767 bits per heavy atom. The summed E-state index contributed by atoms with van der Waals surface area (Å²) >= 11 is -4.43. The number of halogens is 2. The zero-order valence-electron chi connectivity index (χ0n) is 28.4. The molecule has 0 bridgehead atoms. The van der Waals surface area contributed by atoms with Crippen molar-refractivity contribution in [3.63, 3.8) is 0 Å². The van der Waals surface area contributed by atoms with Gasteiger partial charge in [-0.2, -0.15) is 0 Å². The van der Waals surface area contributed by atoms with E-state index < -0.39 is 18.3 Å². The summed E-state index contributed by atoms with van der Waals surface area (Å²) < 4.78 is 13.0. The Bertz CT molecular complexity index is 1650. The first-order valence-corrected chi connectivity index (χ1v) is 23.6. The Morgan fingerprint density at radius 2 is 1.37 bits per heavy atom. The molecule has 0 N–H and O–H groups in total. The molecule has 0 heterocycles. The predicted octanol–water partition coefficient (Wildman–Crippen LogP) is 10.7. The molecule has 0 nitrogen and oxygen atoms in total. The van der Waals surface area contributed by atoms with E-state index in [1.165, 1.54) is 36.7 Å². The van der Waals surface area contributed by atoms with Crippen LogP contribution in [0.4, 0.5) is 0 Å². The zero-order valence-corrected chi connectivity index (χ0v) is 32.5. The summed E-state index contributed by atoms with van der Waals surface area (Å²) in [6.45, 7) is 23.6. The van der Waals surface area contributed by atoms with Gasteiger partial charge in [0, 0.05) is 0 Å². The molecule has 43 heavy (non-hydrogen) atoms. The van der Waals surface area contributed by atoms with E-state index in [1.807, 2.05) is 0 Å². The van der Waals surface area contributed by atoms with Gasteiger partial charge in [-0.05, 0) is 0 Å². The fourth-order valence-corrected chi connectivity index (χ4v) is 22.5. The Labute approximate surface area is 275 Å². The van der Waals surface area contributed by atoms with E-state index in [2.05, 4.69) is 147 Å². The SMILES string of the molecule is Cl.Cl.[CH2]=[Zr]([CH3])([C]1=CC(C(C)(C)C)=CC1CC)([c]1ccccc1)[c]1c(C(C)(C)C)ccc2c1Cc1cc(C(C)(C)C)ccc1-2. The minimum absolute atomic E-state index is 0. The third-order valence-corrected chi connectivity index (χ3v) is 24.7. The first-order valence-electron chi connectivity index (χ1n) is 15.7. The van der Waals surface area contributed by atoms with Crippen molar-refractivity contribution in [3.8, 4) is 11.1 Å². The standard InChI is InChI=1S/C21H25.C11H17.C6H5.CH3.CH2.2ClH.Zr/c1-20(2,3)16-7-9-18-14(12-16)11-15-13-17(21(4,5)6)8-10-19(15)18;1-5-9-6-7-10(8-9)11(2,3)4;1-2-4-6-5-3-1;;;;;/h7-10,12H,11H2,1-6H3;7-9H,5H2,1-4H3;1-5H;1H3;1H2;2*1H;. The van der Waals surface area contributed by atoms with Crippen LogP contribution in [0.2, 0.25) is 4.63 Å². The van der Waals surface area contributed by atoms with Crippen LogP contribution in [0.5, 0.6) is 0 Å². The monoisotopic (exact) mass is 694 g/mol. The van der Waals surface area contributed by atoms with Crippen LogP contribution < -0.4 is 6.54 Å². The van der Waals surface area contributed by atoms with Gasteiger partial charge in [0.2, 0.25) is 0 Å². The van der Waals surface area contributed by atoms with Crippen LogP contribution in [0.1, 0.15) is 97.9 Å². The molecule has 0 amide bonds. The summed E-state index contributed by atoms with van der Waals surface area (Å²) in [5.74, 6) is 0.428. The van der Waals surface area contributed by atoms with Crippen molar-refractivity contribution < 1.29 is 18.3 Å². The molecule has 0 saturated carbocycles. The third-order valence-electron chi connectivity index (χ3n) is 10.2. The van der Waals surface area contributed by atoms with Gasteiger partial charge in [0.1, 0.15) is 0 Å². The van der Waals surface area contributed by atoms with Gasteiger partial charge in [0.15, 0.2) is 0 Å². The molecule has 0 spiro atoms. The van der Waals surface area contributed by atoms with Crippen LogP contribution in [0.3, 0.4) is 0 Å². The average Bonchev–Trinajstić information content (AvgIpc) is 3.50. The normalized spacial score (nSPS) is 16.9. The molecular weight excluding hydrogens is 643 g/mol. The molecular formula is C40H54Cl2Zr. The van der Waals surface area contributed by atoms with Crippen LogP contribution in [-0.2, 0) is 35.5 Å². The van der Waals surface area contributed by atoms with Crippen molar-refractivity contribution in [2.75, 3.05) is 0 Å². The third kappa shape index (κ3) is 5.93. The summed E-state index contributed by atoms with van der Waals surface area (Å²) in [4.78, 5) is 0. The first-order chi connectivity index (χ1) is 18.9. The second-order valence-corrected chi connectivity index (χ2v) is 30.4. The number of hydrogen-bond donors (Lipinski definition) is 0. The fraction of sp³-hybridized carbons (Fsp3) is 0.425. The van der Waals surface area contributed by atoms with E-state index in [4.69, 9.17) is 4.21 Å². The summed E-state index contributed by atoms with van der Waals surface area (Å²) in [5, 5.41) is 0. The zero-order chi connectivity index (χ0) is 30.2. The quantitative estimate of drug-likeness (QED) is 0.199. The van der Waals surface area contributed by atoms with Gasteiger partial charge in [-0.25, -0.2) is 0 Å². The van der Waals surface area contributed by atoms with Crippen LogP contribution in [-0.4, -0.2) is 4.21 Å². The number of fused-ring (bicyclic) bond motifs is 3. The first kappa shape index (κ1) is 35.9. The Hall–Kier alpha value is -1.53. The second kappa shape index (κ2) is 11.7. The molecule has 0 fully saturated rings. The molecule has 0 saturated heterocycles. The molecule has 2 aliphatic rings. The molecule has 232 valence electrons. The molecule has 1 unspecified atom stereocenters. The van der Waals surface area contributed by atoms with Crippen molar-refractivity contribution >= 4 is 35.6 Å². The molecule has 5 rings (SSSR count). The van der Waals surface area contributed by atoms with Gasteiger partial charge in [-0.15, -0.1) is 24.8 Å². The van der Waals surface area contributed by atoms with Gasteiger partial charge >= 0.3 is 253 Å². The van der Waals surface area contributed by atoms with E-state index >= 15 is 0 Å². The molecule has 2 aliphatic carbocycles. The molecule has 1 atom stereocenters. The van der Waals surface area contributed by atoms with Crippen molar-refractivity contribution in [1.82, 2.24) is 0 Å². The summed E-state index contributed by atoms with van der Waals surface area (Å²) in [7, 11) is 0. The average molecular weight is 697 g/mol. The van der Waals surface area contributed by atoms with E-state index in [0.717, 1.165) is 12.8 Å². The Morgan fingerprint density at radius 3 is 1.91 bits per heavy atom. The molecule has 3 aromatic rings. The van der Waals surface area contributed by atoms with Crippen molar-refractivity contribution in [1.29, 1.82) is 0 Å².